The topological polar surface area (TPSA) is 58.7 Å². The first-order chi connectivity index (χ1) is 13.3. The highest BCUT2D eigenvalue weighted by molar-refractivity contribution is 5.43. The maximum absolute atomic E-state index is 10.6. The van der Waals surface area contributed by atoms with Gasteiger partial charge in [-0.25, -0.2) is 0 Å². The van der Waals surface area contributed by atoms with Gasteiger partial charge in [0, 0.05) is 31.4 Å². The lowest BCUT2D eigenvalue weighted by atomic mass is 10.0. The second-order valence-corrected chi connectivity index (χ2v) is 6.53. The van der Waals surface area contributed by atoms with Crippen LogP contribution < -0.4 is 4.74 Å². The Bertz CT molecular complexity index is 891. The highest BCUT2D eigenvalue weighted by atomic mass is 16.5. The van der Waals surface area contributed by atoms with Crippen molar-refractivity contribution in [2.24, 2.45) is 0 Å². The second kappa shape index (κ2) is 8.20. The molecule has 27 heavy (non-hydrogen) atoms. The Morgan fingerprint density at radius 3 is 2.96 bits per heavy atom. The van der Waals surface area contributed by atoms with Gasteiger partial charge in [-0.05, 0) is 48.0 Å². The molecule has 0 amide bonds. The standard InChI is InChI=1S/C22H22N2O3/c25-22(20-7-1-2-10-23-20)17-8-9-21-18(15-17)16-24(12-14-27-21)11-3-5-19-6-4-13-26-19/h1-10,13,15,22,25H,11-12,14,16H2. The monoisotopic (exact) mass is 362 g/mol. The molecule has 2 aromatic heterocycles. The van der Waals surface area contributed by atoms with Crippen molar-refractivity contribution < 1.29 is 14.3 Å². The number of aromatic nitrogens is 1. The molecule has 1 aliphatic heterocycles. The van der Waals surface area contributed by atoms with Crippen molar-refractivity contribution in [1.82, 2.24) is 9.88 Å². The van der Waals surface area contributed by atoms with E-state index < -0.39 is 6.10 Å². The summed E-state index contributed by atoms with van der Waals surface area (Å²) in [6.45, 7) is 3.05. The van der Waals surface area contributed by atoms with Gasteiger partial charge in [-0.15, -0.1) is 0 Å². The lowest BCUT2D eigenvalue weighted by Gasteiger charge is -2.18. The zero-order valence-electron chi connectivity index (χ0n) is 15.0. The molecule has 4 rings (SSSR count). The first kappa shape index (κ1) is 17.5. The Balaban J connectivity index is 1.49. The summed E-state index contributed by atoms with van der Waals surface area (Å²) in [7, 11) is 0. The number of hydrogen-bond donors (Lipinski definition) is 1. The number of furan rings is 1. The average Bonchev–Trinajstić information content (AvgIpc) is 3.14. The van der Waals surface area contributed by atoms with Crippen molar-refractivity contribution in [3.63, 3.8) is 0 Å². The SMILES string of the molecule is OC(c1ccc2c(c1)CN(CC=Cc1ccco1)CCO2)c1ccccn1. The number of hydrogen-bond acceptors (Lipinski definition) is 5. The molecule has 0 saturated heterocycles. The van der Waals surface area contributed by atoms with Crippen LogP contribution in [0.2, 0.25) is 0 Å². The minimum absolute atomic E-state index is 0.643. The van der Waals surface area contributed by atoms with Crippen LogP contribution >= 0.6 is 0 Å². The maximum Gasteiger partial charge on any atom is 0.126 e. The Morgan fingerprint density at radius 2 is 2.15 bits per heavy atom. The highest BCUT2D eigenvalue weighted by Gasteiger charge is 2.18. The van der Waals surface area contributed by atoms with E-state index in [0.717, 1.165) is 42.3 Å². The third-order valence-electron chi connectivity index (χ3n) is 4.62. The number of aliphatic hydroxyl groups is 1. The van der Waals surface area contributed by atoms with E-state index in [1.165, 1.54) is 0 Å². The molecule has 1 aromatic carbocycles. The maximum atomic E-state index is 10.6. The van der Waals surface area contributed by atoms with Crippen LogP contribution in [0.5, 0.6) is 5.75 Å². The summed E-state index contributed by atoms with van der Waals surface area (Å²) < 4.78 is 11.2. The first-order valence-electron chi connectivity index (χ1n) is 9.06. The molecule has 3 aromatic rings. The molecule has 1 N–H and O–H groups in total. The summed E-state index contributed by atoms with van der Waals surface area (Å²) in [5, 5.41) is 10.6. The molecule has 0 fully saturated rings. The molecule has 5 heteroatoms. The van der Waals surface area contributed by atoms with E-state index in [9.17, 15) is 5.11 Å². The molecule has 0 radical (unpaired) electrons. The first-order valence-corrected chi connectivity index (χ1v) is 9.06. The number of nitrogens with zero attached hydrogens (tertiary/aromatic N) is 2. The van der Waals surface area contributed by atoms with Gasteiger partial charge in [-0.2, -0.15) is 0 Å². The van der Waals surface area contributed by atoms with Crippen molar-refractivity contribution in [2.45, 2.75) is 12.6 Å². The lowest BCUT2D eigenvalue weighted by molar-refractivity contribution is 0.215. The van der Waals surface area contributed by atoms with Crippen LogP contribution in [0.3, 0.4) is 0 Å². The van der Waals surface area contributed by atoms with Crippen LogP contribution in [0.25, 0.3) is 6.08 Å². The largest absolute Gasteiger partial charge is 0.492 e. The molecule has 3 heterocycles. The summed E-state index contributed by atoms with van der Waals surface area (Å²) in [5.74, 6) is 1.73. The predicted octanol–water partition coefficient (Wildman–Crippen LogP) is 3.66. The fourth-order valence-electron chi connectivity index (χ4n) is 3.21. The molecule has 5 nitrogen and oxygen atoms in total. The van der Waals surface area contributed by atoms with Gasteiger partial charge >= 0.3 is 0 Å². The molecular weight excluding hydrogens is 340 g/mol. The fraction of sp³-hybridized carbons (Fsp3) is 0.227. The molecule has 0 saturated carbocycles. The quantitative estimate of drug-likeness (QED) is 0.751. The van der Waals surface area contributed by atoms with Crippen LogP contribution in [-0.4, -0.2) is 34.7 Å². The van der Waals surface area contributed by atoms with Gasteiger partial charge in [0.2, 0.25) is 0 Å². The molecule has 138 valence electrons. The summed E-state index contributed by atoms with van der Waals surface area (Å²) >= 11 is 0. The molecule has 1 atom stereocenters. The van der Waals surface area contributed by atoms with Gasteiger partial charge in [-0.3, -0.25) is 9.88 Å². The van der Waals surface area contributed by atoms with Crippen LogP contribution in [-0.2, 0) is 6.54 Å². The minimum atomic E-state index is -0.743. The van der Waals surface area contributed by atoms with Gasteiger partial charge in [0.05, 0.1) is 12.0 Å². The average molecular weight is 362 g/mol. The number of rotatable bonds is 5. The Labute approximate surface area is 158 Å². The van der Waals surface area contributed by atoms with Crippen LogP contribution in [0, 0.1) is 0 Å². The van der Waals surface area contributed by atoms with Crippen LogP contribution in [0.1, 0.15) is 28.7 Å². The van der Waals surface area contributed by atoms with Crippen LogP contribution in [0.4, 0.5) is 0 Å². The molecular formula is C22H22N2O3. The Morgan fingerprint density at radius 1 is 1.19 bits per heavy atom. The van der Waals surface area contributed by atoms with Gasteiger partial charge in [0.15, 0.2) is 0 Å². The third-order valence-corrected chi connectivity index (χ3v) is 4.62. The van der Waals surface area contributed by atoms with Crippen molar-refractivity contribution in [1.29, 1.82) is 0 Å². The molecule has 0 bridgehead atoms. The van der Waals surface area contributed by atoms with Crippen molar-refractivity contribution in [3.8, 4) is 5.75 Å². The fourth-order valence-corrected chi connectivity index (χ4v) is 3.21. The van der Waals surface area contributed by atoms with E-state index in [4.69, 9.17) is 9.15 Å². The van der Waals surface area contributed by atoms with Crippen molar-refractivity contribution in [2.75, 3.05) is 19.7 Å². The zero-order valence-corrected chi connectivity index (χ0v) is 15.0. The smallest absolute Gasteiger partial charge is 0.126 e. The second-order valence-electron chi connectivity index (χ2n) is 6.53. The number of fused-ring (bicyclic) bond motifs is 1. The molecule has 1 unspecified atom stereocenters. The van der Waals surface area contributed by atoms with Gasteiger partial charge in [0.25, 0.3) is 0 Å². The lowest BCUT2D eigenvalue weighted by Crippen LogP contribution is -2.25. The molecule has 1 aliphatic rings. The molecule has 0 spiro atoms. The summed E-state index contributed by atoms with van der Waals surface area (Å²) in [4.78, 5) is 6.56. The number of ether oxygens (including phenoxy) is 1. The van der Waals surface area contributed by atoms with E-state index in [0.29, 0.717) is 12.3 Å². The van der Waals surface area contributed by atoms with Gasteiger partial charge in [-0.1, -0.05) is 18.2 Å². The normalized spacial score (nSPS) is 15.9. The van der Waals surface area contributed by atoms with E-state index in [1.807, 2.05) is 54.6 Å². The van der Waals surface area contributed by atoms with Gasteiger partial charge in [0.1, 0.15) is 24.2 Å². The third kappa shape index (κ3) is 4.27. The summed E-state index contributed by atoms with van der Waals surface area (Å²) in [5.41, 5.74) is 2.54. The van der Waals surface area contributed by atoms with E-state index in [1.54, 1.807) is 12.5 Å². The highest BCUT2D eigenvalue weighted by Crippen LogP contribution is 2.29. The zero-order chi connectivity index (χ0) is 18.5. The predicted molar refractivity (Wildman–Crippen MR) is 103 cm³/mol. The number of pyridine rings is 1. The Hall–Kier alpha value is -2.89. The summed E-state index contributed by atoms with van der Waals surface area (Å²) in [6.07, 6.45) is 6.69. The molecule has 0 aliphatic carbocycles. The number of aliphatic hydroxyl groups excluding tert-OH is 1. The van der Waals surface area contributed by atoms with E-state index in [-0.39, 0.29) is 0 Å². The van der Waals surface area contributed by atoms with Crippen molar-refractivity contribution in [3.05, 3.63) is 89.6 Å². The van der Waals surface area contributed by atoms with E-state index >= 15 is 0 Å². The summed E-state index contributed by atoms with van der Waals surface area (Å²) in [6, 6.07) is 15.2. The van der Waals surface area contributed by atoms with Crippen LogP contribution in [0.15, 0.2) is 71.5 Å². The minimum Gasteiger partial charge on any atom is -0.492 e. The van der Waals surface area contributed by atoms with Crippen molar-refractivity contribution >= 4 is 6.08 Å². The van der Waals surface area contributed by atoms with Gasteiger partial charge < -0.3 is 14.3 Å². The number of benzene rings is 1. The Kier molecular flexibility index (Phi) is 5.32. The van der Waals surface area contributed by atoms with E-state index in [2.05, 4.69) is 16.0 Å².